The van der Waals surface area contributed by atoms with Gasteiger partial charge < -0.3 is 24.1 Å². The van der Waals surface area contributed by atoms with Crippen molar-refractivity contribution in [3.8, 4) is 11.1 Å². The van der Waals surface area contributed by atoms with E-state index < -0.39 is 31.5 Å². The van der Waals surface area contributed by atoms with Crippen molar-refractivity contribution in [2.75, 3.05) is 16.8 Å². The normalized spacial score (nSPS) is 14.1. The van der Waals surface area contributed by atoms with Crippen LogP contribution in [0, 0.1) is 0 Å². The minimum Gasteiger partial charge on any atom is -0.443 e. The van der Waals surface area contributed by atoms with Gasteiger partial charge in [-0.1, -0.05) is 19.6 Å². The number of anilines is 2. The first-order valence-electron chi connectivity index (χ1n) is 14.6. The number of hydrogen-bond acceptors (Lipinski definition) is 8. The van der Waals surface area contributed by atoms with Gasteiger partial charge in [-0.15, -0.1) is 0 Å². The highest BCUT2D eigenvalue weighted by atomic mass is 28.3. The molecule has 10 nitrogen and oxygen atoms in total. The summed E-state index contributed by atoms with van der Waals surface area (Å²) < 4.78 is 19.3. The zero-order valence-electron chi connectivity index (χ0n) is 26.4. The summed E-state index contributed by atoms with van der Waals surface area (Å²) >= 11 is 0. The van der Waals surface area contributed by atoms with Crippen molar-refractivity contribution in [1.29, 1.82) is 0 Å². The fraction of sp³-hybridized carbons (Fsp3) is 0.548. The molecule has 2 amide bonds. The Kier molecular flexibility index (Phi) is 9.03. The lowest BCUT2D eigenvalue weighted by molar-refractivity contribution is 0.0429. The number of ether oxygens (including phenoxy) is 3. The second-order valence-corrected chi connectivity index (χ2v) is 19.6. The van der Waals surface area contributed by atoms with Crippen molar-refractivity contribution in [3.63, 3.8) is 0 Å². The quantitative estimate of drug-likeness (QED) is 0.198. The first-order chi connectivity index (χ1) is 19.5. The van der Waals surface area contributed by atoms with Gasteiger partial charge in [-0.25, -0.2) is 19.6 Å². The van der Waals surface area contributed by atoms with Crippen LogP contribution in [0.3, 0.4) is 0 Å². The molecular formula is C31H45N5O5Si. The molecule has 11 heteroatoms. The molecule has 1 fully saturated rings. The molecule has 0 unspecified atom stereocenters. The van der Waals surface area contributed by atoms with Gasteiger partial charge in [0.25, 0.3) is 0 Å². The third-order valence-corrected chi connectivity index (χ3v) is 8.02. The Balaban J connectivity index is 1.79. The van der Waals surface area contributed by atoms with E-state index in [0.29, 0.717) is 24.9 Å². The molecule has 0 bridgehead atoms. The number of nitrogens with zero attached hydrogens (tertiary/aromatic N) is 4. The minimum absolute atomic E-state index is 0.111. The Labute approximate surface area is 249 Å². The monoisotopic (exact) mass is 595 g/mol. The SMILES string of the molecule is CC(C)(C)OC(=O)N(C(=O)OC(C)(C)C)c1ncccc1-c1cn(COCC[Si](C)(C)C)c2nc(NC3CC3)ccc12. The van der Waals surface area contributed by atoms with Crippen LogP contribution < -0.4 is 10.2 Å². The summed E-state index contributed by atoms with van der Waals surface area (Å²) in [5.41, 5.74) is 0.364. The van der Waals surface area contributed by atoms with Crippen molar-refractivity contribution in [2.24, 2.45) is 0 Å². The molecule has 3 aromatic heterocycles. The second-order valence-electron chi connectivity index (χ2n) is 14.0. The average Bonchev–Trinajstić information content (AvgIpc) is 3.58. The van der Waals surface area contributed by atoms with Crippen molar-refractivity contribution in [3.05, 3.63) is 36.7 Å². The largest absolute Gasteiger partial charge is 0.443 e. The van der Waals surface area contributed by atoms with Crippen LogP contribution in [-0.2, 0) is 20.9 Å². The Morgan fingerprint density at radius 2 is 1.64 bits per heavy atom. The van der Waals surface area contributed by atoms with Crippen LogP contribution in [0.5, 0.6) is 0 Å². The number of fused-ring (bicyclic) bond motifs is 1. The van der Waals surface area contributed by atoms with Gasteiger partial charge in [-0.3, -0.25) is 0 Å². The van der Waals surface area contributed by atoms with Gasteiger partial charge in [0.15, 0.2) is 5.82 Å². The predicted octanol–water partition coefficient (Wildman–Crippen LogP) is 7.66. The lowest BCUT2D eigenvalue weighted by atomic mass is 10.1. The van der Waals surface area contributed by atoms with Crippen LogP contribution in [0.4, 0.5) is 21.2 Å². The van der Waals surface area contributed by atoms with E-state index in [9.17, 15) is 9.59 Å². The van der Waals surface area contributed by atoms with Crippen LogP contribution >= 0.6 is 0 Å². The van der Waals surface area contributed by atoms with Gasteiger partial charge in [0.1, 0.15) is 29.4 Å². The van der Waals surface area contributed by atoms with Crippen molar-refractivity contribution >= 4 is 42.9 Å². The fourth-order valence-electron chi connectivity index (χ4n) is 4.18. The molecule has 1 N–H and O–H groups in total. The molecule has 1 aliphatic rings. The lowest BCUT2D eigenvalue weighted by Crippen LogP contribution is -2.44. The molecule has 0 saturated heterocycles. The number of rotatable bonds is 9. The standard InChI is InChI=1S/C31H45N5O5Si/c1-30(2,3)40-28(37)36(29(38)41-31(4,5)6)26-22(11-10-16-32-26)24-19-35(20-39-17-18-42(7,8)9)27-23(24)14-15-25(34-27)33-21-12-13-21/h10-11,14-16,19,21H,12-13,17-18,20H2,1-9H3,(H,33,34). The van der Waals surface area contributed by atoms with Crippen LogP contribution in [0.25, 0.3) is 22.2 Å². The van der Waals surface area contributed by atoms with E-state index in [1.165, 1.54) is 6.20 Å². The van der Waals surface area contributed by atoms with Gasteiger partial charge >= 0.3 is 12.2 Å². The molecule has 3 heterocycles. The molecule has 3 aromatic rings. The molecule has 0 aliphatic heterocycles. The summed E-state index contributed by atoms with van der Waals surface area (Å²) in [5, 5.41) is 4.31. The number of carbonyl (C=O) groups excluding carboxylic acids is 2. The third kappa shape index (κ3) is 8.54. The van der Waals surface area contributed by atoms with E-state index in [1.54, 1.807) is 47.6 Å². The van der Waals surface area contributed by atoms with Crippen molar-refractivity contribution in [2.45, 2.75) is 104 Å². The van der Waals surface area contributed by atoms with E-state index >= 15 is 0 Å². The lowest BCUT2D eigenvalue weighted by Gasteiger charge is -2.28. The number of hydrogen-bond donors (Lipinski definition) is 1. The second kappa shape index (κ2) is 12.0. The van der Waals surface area contributed by atoms with Gasteiger partial charge in [0.05, 0.1) is 0 Å². The molecule has 0 aromatic carbocycles. The highest BCUT2D eigenvalue weighted by Gasteiger charge is 2.35. The van der Waals surface area contributed by atoms with Crippen LogP contribution in [0.2, 0.25) is 25.7 Å². The van der Waals surface area contributed by atoms with Crippen molar-refractivity contribution in [1.82, 2.24) is 14.5 Å². The molecule has 42 heavy (non-hydrogen) atoms. The number of nitrogens with one attached hydrogen (secondary N) is 1. The molecule has 1 saturated carbocycles. The molecule has 4 rings (SSSR count). The van der Waals surface area contributed by atoms with Gasteiger partial charge in [-0.2, -0.15) is 4.90 Å². The molecular weight excluding hydrogens is 550 g/mol. The number of aromatic nitrogens is 3. The predicted molar refractivity (Wildman–Crippen MR) is 169 cm³/mol. The van der Waals surface area contributed by atoms with E-state index in [1.807, 2.05) is 29.0 Å². The maximum atomic E-state index is 13.5. The molecule has 1 aliphatic carbocycles. The van der Waals surface area contributed by atoms with Crippen molar-refractivity contribution < 1.29 is 23.8 Å². The molecule has 0 spiro atoms. The van der Waals surface area contributed by atoms with Gasteiger partial charge in [0, 0.05) is 49.6 Å². The Hall–Kier alpha value is -3.44. The maximum absolute atomic E-state index is 13.5. The topological polar surface area (TPSA) is 108 Å². The first-order valence-corrected chi connectivity index (χ1v) is 18.3. The fourth-order valence-corrected chi connectivity index (χ4v) is 4.94. The summed E-state index contributed by atoms with van der Waals surface area (Å²) in [4.78, 5) is 37.2. The number of carbonyl (C=O) groups is 2. The summed E-state index contributed by atoms with van der Waals surface area (Å²) in [6, 6.07) is 9.05. The van der Waals surface area contributed by atoms with Gasteiger partial charge in [0.2, 0.25) is 0 Å². The Morgan fingerprint density at radius 3 is 2.21 bits per heavy atom. The van der Waals surface area contributed by atoms with E-state index in [-0.39, 0.29) is 5.82 Å². The smallest absolute Gasteiger partial charge is 0.425 e. The third-order valence-electron chi connectivity index (χ3n) is 6.32. The first kappa shape index (κ1) is 31.5. The number of amides is 2. The summed E-state index contributed by atoms with van der Waals surface area (Å²) in [6.45, 7) is 18.4. The van der Waals surface area contributed by atoms with E-state index in [4.69, 9.17) is 19.2 Å². The average molecular weight is 596 g/mol. The molecule has 0 radical (unpaired) electrons. The summed E-state index contributed by atoms with van der Waals surface area (Å²) in [7, 11) is -1.25. The van der Waals surface area contributed by atoms with Gasteiger partial charge in [-0.05, 0) is 84.7 Å². The highest BCUT2D eigenvalue weighted by Crippen LogP contribution is 2.37. The zero-order chi connectivity index (χ0) is 30.9. The van der Waals surface area contributed by atoms with Crippen LogP contribution in [-0.4, -0.2) is 58.6 Å². The van der Waals surface area contributed by atoms with Crippen LogP contribution in [0.1, 0.15) is 54.4 Å². The molecule has 228 valence electrons. The Bertz CT molecular complexity index is 1400. The molecule has 0 atom stereocenters. The summed E-state index contributed by atoms with van der Waals surface area (Å²) in [5.74, 6) is 0.911. The number of pyridine rings is 2. The Morgan fingerprint density at radius 1 is 1.00 bits per heavy atom. The van der Waals surface area contributed by atoms with Crippen LogP contribution in [0.15, 0.2) is 36.7 Å². The van der Waals surface area contributed by atoms with E-state index in [2.05, 4.69) is 29.9 Å². The zero-order valence-corrected chi connectivity index (χ0v) is 27.4. The maximum Gasteiger partial charge on any atom is 0.425 e. The highest BCUT2D eigenvalue weighted by molar-refractivity contribution is 6.76. The number of imide groups is 1. The summed E-state index contributed by atoms with van der Waals surface area (Å²) in [6.07, 6.45) is 4.00. The van der Waals surface area contributed by atoms with E-state index in [0.717, 1.165) is 46.2 Å². The minimum atomic E-state index is -1.25.